The maximum Gasteiger partial charge on any atom is 0.319 e. The van der Waals surface area contributed by atoms with E-state index in [1.165, 1.54) is 0 Å². The van der Waals surface area contributed by atoms with Gasteiger partial charge < -0.3 is 24.4 Å². The highest BCUT2D eigenvalue weighted by Gasteiger charge is 2.48. The van der Waals surface area contributed by atoms with Crippen molar-refractivity contribution in [1.82, 2.24) is 20.0 Å². The van der Waals surface area contributed by atoms with Crippen LogP contribution in [-0.4, -0.2) is 66.2 Å². The van der Waals surface area contributed by atoms with Gasteiger partial charge in [-0.3, -0.25) is 9.59 Å². The molecule has 0 bridgehead atoms. The molecule has 1 N–H and O–H groups in total. The zero-order valence-electron chi connectivity index (χ0n) is 30.2. The summed E-state index contributed by atoms with van der Waals surface area (Å²) in [6.07, 6.45) is 4.07. The number of amides is 4. The Kier molecular flexibility index (Phi) is 11.1. The summed E-state index contributed by atoms with van der Waals surface area (Å²) in [5.74, 6) is -0.190. The molecule has 0 aliphatic carbocycles. The Balaban J connectivity index is 1.34. The SMILES string of the molecule is C/C=C\c1c(C)cccc1CN1C[C@@H]2N(C(=O)NCc3ccc(CO[Si](C)(C)C(C)(C)C)cc3)CCC(=O)N2[C@@H](Cc2ccccc2)C1=O. The maximum atomic E-state index is 14.2. The van der Waals surface area contributed by atoms with E-state index in [9.17, 15) is 14.4 Å². The molecule has 0 spiro atoms. The number of hydrogen-bond donors (Lipinski definition) is 1. The molecule has 2 aliphatic heterocycles. The van der Waals surface area contributed by atoms with Crippen molar-refractivity contribution in [3.8, 4) is 0 Å². The van der Waals surface area contributed by atoms with Crippen molar-refractivity contribution in [1.29, 1.82) is 0 Å². The standard InChI is InChI=1S/C40H52N4O4Si/c1-8-13-34-29(2)14-12-17-33(34)26-42-27-36-43(23-22-37(45)44(36)35(38(42)46)24-30-15-10-9-11-16-30)39(47)41-25-31-18-20-32(21-19-31)28-48-49(6,7)40(3,4)5/h8-21,35-36H,22-28H2,1-7H3,(H,41,47)/b13-8-/t35-,36+/m0/s1. The van der Waals surface area contributed by atoms with Crippen molar-refractivity contribution in [2.45, 2.75) is 97.5 Å². The van der Waals surface area contributed by atoms with Crippen molar-refractivity contribution in [2.24, 2.45) is 0 Å². The topological polar surface area (TPSA) is 82.2 Å². The molecule has 260 valence electrons. The average molecular weight is 681 g/mol. The average Bonchev–Trinajstić information content (AvgIpc) is 3.06. The minimum absolute atomic E-state index is 0.0938. The van der Waals surface area contributed by atoms with Crippen LogP contribution in [0.25, 0.3) is 6.08 Å². The number of nitrogens with one attached hydrogen (secondary N) is 1. The van der Waals surface area contributed by atoms with Crippen LogP contribution in [0, 0.1) is 6.92 Å². The van der Waals surface area contributed by atoms with Gasteiger partial charge in [-0.15, -0.1) is 0 Å². The van der Waals surface area contributed by atoms with Crippen LogP contribution in [0.3, 0.4) is 0 Å². The number of fused-ring (bicyclic) bond motifs is 1. The van der Waals surface area contributed by atoms with Gasteiger partial charge in [0.25, 0.3) is 0 Å². The van der Waals surface area contributed by atoms with E-state index in [-0.39, 0.29) is 35.8 Å². The van der Waals surface area contributed by atoms with Crippen molar-refractivity contribution < 1.29 is 18.8 Å². The summed E-state index contributed by atoms with van der Waals surface area (Å²) in [6.45, 7) is 17.1. The molecular formula is C40H52N4O4Si. The van der Waals surface area contributed by atoms with Gasteiger partial charge in [0.15, 0.2) is 8.32 Å². The molecule has 3 aromatic carbocycles. The van der Waals surface area contributed by atoms with Gasteiger partial charge in [-0.05, 0) is 65.4 Å². The highest BCUT2D eigenvalue weighted by Crippen LogP contribution is 2.37. The van der Waals surface area contributed by atoms with Crippen molar-refractivity contribution >= 4 is 32.2 Å². The van der Waals surface area contributed by atoms with Crippen LogP contribution in [0.15, 0.2) is 78.9 Å². The second kappa shape index (κ2) is 15.1. The minimum Gasteiger partial charge on any atom is -0.413 e. The fraction of sp³-hybridized carbons (Fsp3) is 0.425. The first kappa shape index (κ1) is 36.1. The van der Waals surface area contributed by atoms with Crippen LogP contribution in [0.2, 0.25) is 18.1 Å². The summed E-state index contributed by atoms with van der Waals surface area (Å²) in [4.78, 5) is 46.9. The van der Waals surface area contributed by atoms with Crippen LogP contribution in [0.4, 0.5) is 4.79 Å². The zero-order chi connectivity index (χ0) is 35.3. The lowest BCUT2D eigenvalue weighted by Gasteiger charge is -2.52. The summed E-state index contributed by atoms with van der Waals surface area (Å²) >= 11 is 0. The molecule has 49 heavy (non-hydrogen) atoms. The van der Waals surface area contributed by atoms with E-state index < -0.39 is 20.5 Å². The number of aryl methyl sites for hydroxylation is 1. The first-order chi connectivity index (χ1) is 23.3. The van der Waals surface area contributed by atoms with Gasteiger partial charge in [0.2, 0.25) is 11.8 Å². The molecule has 0 saturated carbocycles. The highest BCUT2D eigenvalue weighted by molar-refractivity contribution is 6.74. The molecule has 4 amide bonds. The lowest BCUT2D eigenvalue weighted by Crippen LogP contribution is -2.72. The summed E-state index contributed by atoms with van der Waals surface area (Å²) < 4.78 is 6.38. The lowest BCUT2D eigenvalue weighted by molar-refractivity contribution is -0.167. The van der Waals surface area contributed by atoms with E-state index in [0.717, 1.165) is 33.4 Å². The Labute approximate surface area is 293 Å². The molecule has 3 aromatic rings. The van der Waals surface area contributed by atoms with Gasteiger partial charge in [0, 0.05) is 32.5 Å². The molecule has 2 saturated heterocycles. The molecule has 2 atom stereocenters. The van der Waals surface area contributed by atoms with Crippen molar-refractivity contribution in [3.05, 3.63) is 112 Å². The van der Waals surface area contributed by atoms with Crippen molar-refractivity contribution in [3.63, 3.8) is 0 Å². The quantitative estimate of drug-likeness (QED) is 0.229. The third kappa shape index (κ3) is 8.33. The predicted octanol–water partition coefficient (Wildman–Crippen LogP) is 7.27. The van der Waals surface area contributed by atoms with Crippen LogP contribution in [-0.2, 0) is 40.1 Å². The van der Waals surface area contributed by atoms with Crippen LogP contribution < -0.4 is 5.32 Å². The van der Waals surface area contributed by atoms with Crippen LogP contribution in [0.1, 0.15) is 67.5 Å². The van der Waals surface area contributed by atoms with Gasteiger partial charge in [-0.2, -0.15) is 0 Å². The number of carbonyl (C=O) groups is 3. The number of hydrogen-bond acceptors (Lipinski definition) is 4. The molecule has 9 heteroatoms. The second-order valence-electron chi connectivity index (χ2n) is 14.8. The molecule has 2 fully saturated rings. The predicted molar refractivity (Wildman–Crippen MR) is 198 cm³/mol. The molecule has 0 radical (unpaired) electrons. The largest absolute Gasteiger partial charge is 0.413 e. The Hall–Kier alpha value is -4.21. The number of nitrogens with zero attached hydrogens (tertiary/aromatic N) is 3. The van der Waals surface area contributed by atoms with Crippen molar-refractivity contribution in [2.75, 3.05) is 13.1 Å². The van der Waals surface area contributed by atoms with Gasteiger partial charge in [0.05, 0.1) is 13.2 Å². The first-order valence-electron chi connectivity index (χ1n) is 17.4. The number of piperazine rings is 1. The number of benzene rings is 3. The maximum absolute atomic E-state index is 14.2. The normalized spacial score (nSPS) is 18.6. The van der Waals surface area contributed by atoms with Gasteiger partial charge in [0.1, 0.15) is 12.2 Å². The third-order valence-corrected chi connectivity index (χ3v) is 14.8. The van der Waals surface area contributed by atoms with E-state index in [0.29, 0.717) is 32.7 Å². The molecule has 2 aliphatic rings. The molecule has 0 aromatic heterocycles. The van der Waals surface area contributed by atoms with Gasteiger partial charge in [-0.1, -0.05) is 106 Å². The van der Waals surface area contributed by atoms with E-state index in [1.807, 2.05) is 66.4 Å². The minimum atomic E-state index is -1.86. The Morgan fingerprint density at radius 1 is 0.959 bits per heavy atom. The molecule has 8 nitrogen and oxygen atoms in total. The van der Waals surface area contributed by atoms with E-state index in [1.54, 1.807) is 9.80 Å². The second-order valence-corrected chi connectivity index (χ2v) is 19.6. The molecule has 5 rings (SSSR count). The first-order valence-corrected chi connectivity index (χ1v) is 20.3. The summed E-state index contributed by atoms with van der Waals surface area (Å²) in [5.41, 5.74) is 6.31. The smallest absolute Gasteiger partial charge is 0.319 e. The van der Waals surface area contributed by atoms with Crippen LogP contribution in [0.5, 0.6) is 0 Å². The lowest BCUT2D eigenvalue weighted by atomic mass is 9.96. The van der Waals surface area contributed by atoms with E-state index >= 15 is 0 Å². The number of allylic oxidation sites excluding steroid dienone is 1. The summed E-state index contributed by atoms with van der Waals surface area (Å²) in [7, 11) is -1.86. The number of urea groups is 1. The number of carbonyl (C=O) groups excluding carboxylic acids is 3. The highest BCUT2D eigenvalue weighted by atomic mass is 28.4. The number of rotatable bonds is 10. The van der Waals surface area contributed by atoms with E-state index in [2.05, 4.69) is 76.4 Å². The fourth-order valence-corrected chi connectivity index (χ4v) is 7.36. The zero-order valence-corrected chi connectivity index (χ0v) is 31.2. The Morgan fingerprint density at radius 3 is 2.33 bits per heavy atom. The molecular weight excluding hydrogens is 629 g/mol. The summed E-state index contributed by atoms with van der Waals surface area (Å²) in [5, 5.41) is 3.24. The monoisotopic (exact) mass is 680 g/mol. The fourth-order valence-electron chi connectivity index (χ4n) is 6.40. The van der Waals surface area contributed by atoms with Gasteiger partial charge >= 0.3 is 6.03 Å². The van der Waals surface area contributed by atoms with E-state index in [4.69, 9.17) is 4.43 Å². The third-order valence-electron chi connectivity index (χ3n) is 10.4. The van der Waals surface area contributed by atoms with Crippen LogP contribution >= 0.6 is 0 Å². The molecule has 2 heterocycles. The Morgan fingerprint density at radius 2 is 1.65 bits per heavy atom. The van der Waals surface area contributed by atoms with Gasteiger partial charge in [-0.25, -0.2) is 4.79 Å². The molecule has 0 unspecified atom stereocenters. The summed E-state index contributed by atoms with van der Waals surface area (Å²) in [6, 6.07) is 23.1. The Bertz CT molecular complexity index is 1670.